The molecule has 0 spiro atoms. The predicted octanol–water partition coefficient (Wildman–Crippen LogP) is 1.26. The molecule has 1 heterocycles. The van der Waals surface area contributed by atoms with Gasteiger partial charge in [0, 0.05) is 12.2 Å². The second-order valence-corrected chi connectivity index (χ2v) is 5.50. The molecular formula is C16H24O6. The Kier molecular flexibility index (Phi) is 7.84. The molecule has 0 saturated heterocycles. The lowest BCUT2D eigenvalue weighted by molar-refractivity contribution is -0.143. The molecule has 2 N–H and O–H groups in total. The summed E-state index contributed by atoms with van der Waals surface area (Å²) in [4.78, 5) is 23.1. The minimum Gasteiger partial charge on any atom is -0.460 e. The van der Waals surface area contributed by atoms with Crippen molar-refractivity contribution in [3.05, 3.63) is 24.3 Å². The molecule has 0 aromatic carbocycles. The van der Waals surface area contributed by atoms with E-state index in [1.54, 1.807) is 13.8 Å². The molecule has 0 bridgehead atoms. The van der Waals surface area contributed by atoms with Crippen molar-refractivity contribution in [2.24, 2.45) is 0 Å². The summed E-state index contributed by atoms with van der Waals surface area (Å²) < 4.78 is 10.3. The van der Waals surface area contributed by atoms with Crippen LogP contribution in [0.4, 0.5) is 0 Å². The molecule has 0 fully saturated rings. The van der Waals surface area contributed by atoms with E-state index in [0.29, 0.717) is 25.7 Å². The molecule has 4 atom stereocenters. The molecule has 22 heavy (non-hydrogen) atoms. The van der Waals surface area contributed by atoms with E-state index in [2.05, 4.69) is 0 Å². The fourth-order valence-corrected chi connectivity index (χ4v) is 1.98. The SMILES string of the molecule is C[C@@H]1CCC(O)/C=C/C(=O)O[C@H](C)CCC(O)/C=C/C(=O)O1. The van der Waals surface area contributed by atoms with E-state index in [4.69, 9.17) is 9.47 Å². The number of hydrogen-bond acceptors (Lipinski definition) is 6. The van der Waals surface area contributed by atoms with Gasteiger partial charge in [-0.3, -0.25) is 0 Å². The number of carbonyl (C=O) groups excluding carboxylic acids is 2. The molecule has 1 rings (SSSR count). The number of aliphatic hydroxyl groups excluding tert-OH is 2. The Hall–Kier alpha value is -1.66. The molecule has 0 aliphatic carbocycles. The number of cyclic esters (lactones) is 2. The highest BCUT2D eigenvalue weighted by Gasteiger charge is 2.13. The molecule has 1 aliphatic heterocycles. The quantitative estimate of drug-likeness (QED) is 0.654. The van der Waals surface area contributed by atoms with Crippen LogP contribution in [0, 0.1) is 0 Å². The van der Waals surface area contributed by atoms with Gasteiger partial charge in [-0.1, -0.05) is 0 Å². The largest absolute Gasteiger partial charge is 0.460 e. The van der Waals surface area contributed by atoms with Crippen LogP contribution >= 0.6 is 0 Å². The van der Waals surface area contributed by atoms with Crippen LogP contribution < -0.4 is 0 Å². The molecule has 6 nitrogen and oxygen atoms in total. The van der Waals surface area contributed by atoms with E-state index in [0.717, 1.165) is 0 Å². The Balaban J connectivity index is 2.70. The molecular weight excluding hydrogens is 288 g/mol. The van der Waals surface area contributed by atoms with Gasteiger partial charge in [-0.2, -0.15) is 0 Å². The molecule has 0 aromatic heterocycles. The first-order chi connectivity index (χ1) is 10.4. The molecule has 2 unspecified atom stereocenters. The van der Waals surface area contributed by atoms with Crippen molar-refractivity contribution in [2.45, 2.75) is 63.9 Å². The zero-order valence-electron chi connectivity index (χ0n) is 13.0. The van der Waals surface area contributed by atoms with Gasteiger partial charge in [0.2, 0.25) is 0 Å². The third-order valence-corrected chi connectivity index (χ3v) is 3.28. The van der Waals surface area contributed by atoms with Crippen LogP contribution in [0.25, 0.3) is 0 Å². The smallest absolute Gasteiger partial charge is 0.330 e. The van der Waals surface area contributed by atoms with E-state index in [-0.39, 0.29) is 12.2 Å². The van der Waals surface area contributed by atoms with E-state index in [1.165, 1.54) is 24.3 Å². The van der Waals surface area contributed by atoms with Crippen molar-refractivity contribution >= 4 is 11.9 Å². The van der Waals surface area contributed by atoms with Crippen LogP contribution in [0.1, 0.15) is 39.5 Å². The van der Waals surface area contributed by atoms with Crippen LogP contribution in [0.3, 0.4) is 0 Å². The molecule has 0 aromatic rings. The predicted molar refractivity (Wildman–Crippen MR) is 79.9 cm³/mol. The topological polar surface area (TPSA) is 93.1 Å². The van der Waals surface area contributed by atoms with Gasteiger partial charge in [0.15, 0.2) is 0 Å². The molecule has 1 aliphatic rings. The normalized spacial score (nSPS) is 35.3. The van der Waals surface area contributed by atoms with Crippen LogP contribution in [0.15, 0.2) is 24.3 Å². The maximum atomic E-state index is 11.6. The first-order valence-corrected chi connectivity index (χ1v) is 7.50. The summed E-state index contributed by atoms with van der Waals surface area (Å²) in [5.41, 5.74) is 0. The lowest BCUT2D eigenvalue weighted by Gasteiger charge is -2.15. The first-order valence-electron chi connectivity index (χ1n) is 7.50. The molecule has 0 radical (unpaired) electrons. The fourth-order valence-electron chi connectivity index (χ4n) is 1.98. The molecule has 6 heteroatoms. The fraction of sp³-hybridized carbons (Fsp3) is 0.625. The zero-order chi connectivity index (χ0) is 16.5. The summed E-state index contributed by atoms with van der Waals surface area (Å²) in [5, 5.41) is 19.5. The highest BCUT2D eigenvalue weighted by atomic mass is 16.5. The Labute approximate surface area is 130 Å². The lowest BCUT2D eigenvalue weighted by Crippen LogP contribution is -2.18. The summed E-state index contributed by atoms with van der Waals surface area (Å²) in [6, 6.07) is 0. The van der Waals surface area contributed by atoms with E-state index >= 15 is 0 Å². The average Bonchev–Trinajstić information content (AvgIpc) is 2.46. The first kappa shape index (κ1) is 18.4. The van der Waals surface area contributed by atoms with Gasteiger partial charge in [-0.05, 0) is 51.7 Å². The average molecular weight is 312 g/mol. The van der Waals surface area contributed by atoms with Crippen molar-refractivity contribution in [2.75, 3.05) is 0 Å². The van der Waals surface area contributed by atoms with Gasteiger partial charge < -0.3 is 19.7 Å². The van der Waals surface area contributed by atoms with Crippen LogP contribution in [0.5, 0.6) is 0 Å². The summed E-state index contributed by atoms with van der Waals surface area (Å²) >= 11 is 0. The number of rotatable bonds is 0. The number of esters is 2. The Morgan fingerprint density at radius 2 is 1.18 bits per heavy atom. The second kappa shape index (κ2) is 9.38. The van der Waals surface area contributed by atoms with Crippen molar-refractivity contribution in [3.63, 3.8) is 0 Å². The van der Waals surface area contributed by atoms with Crippen molar-refractivity contribution in [3.8, 4) is 0 Å². The number of ether oxygens (including phenoxy) is 2. The highest BCUT2D eigenvalue weighted by molar-refractivity contribution is 5.82. The van der Waals surface area contributed by atoms with Gasteiger partial charge in [0.1, 0.15) is 0 Å². The van der Waals surface area contributed by atoms with Crippen molar-refractivity contribution in [1.29, 1.82) is 0 Å². The molecule has 0 saturated carbocycles. The van der Waals surface area contributed by atoms with Crippen LogP contribution in [0.2, 0.25) is 0 Å². The summed E-state index contributed by atoms with van der Waals surface area (Å²) in [6.07, 6.45) is 4.44. The summed E-state index contributed by atoms with van der Waals surface area (Å²) in [7, 11) is 0. The molecule has 0 amide bonds. The third kappa shape index (κ3) is 7.95. The van der Waals surface area contributed by atoms with Gasteiger partial charge in [0.05, 0.1) is 24.4 Å². The maximum absolute atomic E-state index is 11.6. The van der Waals surface area contributed by atoms with Crippen LogP contribution in [-0.2, 0) is 19.1 Å². The number of aliphatic hydroxyl groups is 2. The van der Waals surface area contributed by atoms with Gasteiger partial charge in [-0.15, -0.1) is 0 Å². The van der Waals surface area contributed by atoms with E-state index in [1.807, 2.05) is 0 Å². The van der Waals surface area contributed by atoms with Gasteiger partial charge in [-0.25, -0.2) is 9.59 Å². The minimum atomic E-state index is -0.797. The summed E-state index contributed by atoms with van der Waals surface area (Å²) in [5.74, 6) is -1.05. The monoisotopic (exact) mass is 312 g/mol. The number of hydrogen-bond donors (Lipinski definition) is 2. The Morgan fingerprint density at radius 1 is 0.818 bits per heavy atom. The van der Waals surface area contributed by atoms with Gasteiger partial charge in [0.25, 0.3) is 0 Å². The van der Waals surface area contributed by atoms with Crippen LogP contribution in [-0.4, -0.2) is 46.6 Å². The summed E-state index contributed by atoms with van der Waals surface area (Å²) in [6.45, 7) is 3.44. The zero-order valence-corrected chi connectivity index (χ0v) is 13.0. The van der Waals surface area contributed by atoms with Gasteiger partial charge >= 0.3 is 11.9 Å². The second-order valence-electron chi connectivity index (χ2n) is 5.50. The Morgan fingerprint density at radius 3 is 1.55 bits per heavy atom. The number of carbonyl (C=O) groups is 2. The standard InChI is InChI=1S/C16H24O6/c1-11-3-5-13(17)8-10-16(20)22-12(2)4-6-14(18)7-9-15(19)21-11/h7-14,17-18H,3-6H2,1-2H3/b9-7+,10-8+/t11-,12-,13?,14?/m1/s1. The Bertz CT molecular complexity index is 388. The molecule has 124 valence electrons. The van der Waals surface area contributed by atoms with Crippen molar-refractivity contribution in [1.82, 2.24) is 0 Å². The maximum Gasteiger partial charge on any atom is 0.330 e. The third-order valence-electron chi connectivity index (χ3n) is 3.28. The highest BCUT2D eigenvalue weighted by Crippen LogP contribution is 2.10. The van der Waals surface area contributed by atoms with E-state index in [9.17, 15) is 19.8 Å². The lowest BCUT2D eigenvalue weighted by atomic mass is 10.1. The van der Waals surface area contributed by atoms with E-state index < -0.39 is 24.1 Å². The van der Waals surface area contributed by atoms with Crippen molar-refractivity contribution < 1.29 is 29.3 Å². The minimum absolute atomic E-state index is 0.361.